The Morgan fingerprint density at radius 2 is 1.73 bits per heavy atom. The molecule has 0 unspecified atom stereocenters. The van der Waals surface area contributed by atoms with Crippen LogP contribution in [0.25, 0.3) is 0 Å². The first-order chi connectivity index (χ1) is 10.5. The topological polar surface area (TPSA) is 82.5 Å². The van der Waals surface area contributed by atoms with Crippen LogP contribution >= 0.6 is 0 Å². The van der Waals surface area contributed by atoms with Crippen LogP contribution in [0.5, 0.6) is 0 Å². The second-order valence-corrected chi connectivity index (χ2v) is 5.42. The molecular formula is C14H22N4O4. The Hall–Kier alpha value is -1.80. The van der Waals surface area contributed by atoms with E-state index in [0.717, 1.165) is 49.1 Å². The van der Waals surface area contributed by atoms with Crippen molar-refractivity contribution in [3.05, 3.63) is 0 Å². The van der Waals surface area contributed by atoms with Crippen molar-refractivity contribution >= 4 is 24.1 Å². The summed E-state index contributed by atoms with van der Waals surface area (Å²) in [5, 5.41) is 0. The molecule has 0 spiro atoms. The molecule has 8 heteroatoms. The van der Waals surface area contributed by atoms with Crippen LogP contribution in [0.15, 0.2) is 4.99 Å². The van der Waals surface area contributed by atoms with E-state index >= 15 is 0 Å². The molecular weight excluding hydrogens is 288 g/mol. The number of hydrogen-bond donors (Lipinski definition) is 0. The highest BCUT2D eigenvalue weighted by Gasteiger charge is 2.41. The number of rotatable bonds is 5. The third kappa shape index (κ3) is 3.69. The second-order valence-electron chi connectivity index (χ2n) is 5.42. The first kappa shape index (κ1) is 16.6. The number of nitrogens with zero attached hydrogens (tertiary/aromatic N) is 4. The van der Waals surface area contributed by atoms with Crippen molar-refractivity contribution in [3.8, 4) is 0 Å². The van der Waals surface area contributed by atoms with Gasteiger partial charge < -0.3 is 4.74 Å². The first-order valence-electron chi connectivity index (χ1n) is 7.41. The van der Waals surface area contributed by atoms with Crippen LogP contribution in [0.1, 0.15) is 6.42 Å². The molecule has 2 heterocycles. The highest BCUT2D eigenvalue weighted by molar-refractivity contribution is 6.23. The molecule has 0 saturated carbocycles. The predicted molar refractivity (Wildman–Crippen MR) is 79.7 cm³/mol. The fourth-order valence-corrected chi connectivity index (χ4v) is 2.45. The van der Waals surface area contributed by atoms with E-state index in [1.807, 2.05) is 0 Å². The molecule has 2 aliphatic rings. The normalized spacial score (nSPS) is 22.2. The average molecular weight is 310 g/mol. The van der Waals surface area contributed by atoms with E-state index in [2.05, 4.69) is 9.89 Å². The van der Waals surface area contributed by atoms with Gasteiger partial charge in [-0.25, -0.2) is 4.79 Å². The van der Waals surface area contributed by atoms with Crippen molar-refractivity contribution in [2.24, 2.45) is 10.9 Å². The number of carbonyl (C=O) groups is 3. The van der Waals surface area contributed by atoms with Crippen LogP contribution in [0.3, 0.4) is 0 Å². The Morgan fingerprint density at radius 3 is 2.32 bits per heavy atom. The third-order valence-electron chi connectivity index (χ3n) is 3.89. The number of urea groups is 1. The van der Waals surface area contributed by atoms with Gasteiger partial charge in [0.1, 0.15) is 0 Å². The summed E-state index contributed by atoms with van der Waals surface area (Å²) in [5.41, 5.74) is 0. The maximum atomic E-state index is 11.9. The lowest BCUT2D eigenvalue weighted by molar-refractivity contribution is -0.144. The molecule has 8 nitrogen and oxygen atoms in total. The smallest absolute Gasteiger partial charge is 0.332 e. The van der Waals surface area contributed by atoms with Gasteiger partial charge in [-0.3, -0.25) is 29.3 Å². The zero-order chi connectivity index (χ0) is 16.1. The number of barbiturate groups is 1. The van der Waals surface area contributed by atoms with Crippen molar-refractivity contribution < 1.29 is 19.1 Å². The lowest BCUT2D eigenvalue weighted by Gasteiger charge is -2.31. The molecule has 0 N–H and O–H groups in total. The quantitative estimate of drug-likeness (QED) is 0.386. The number of aliphatic imine (C=N–C) groups is 1. The van der Waals surface area contributed by atoms with E-state index in [0.29, 0.717) is 6.54 Å². The number of carbonyl (C=O) groups excluding carboxylic acids is 3. The molecule has 4 amide bonds. The third-order valence-corrected chi connectivity index (χ3v) is 3.89. The van der Waals surface area contributed by atoms with Gasteiger partial charge in [0.25, 0.3) is 0 Å². The van der Waals surface area contributed by atoms with Crippen molar-refractivity contribution in [2.45, 2.75) is 6.42 Å². The van der Waals surface area contributed by atoms with Gasteiger partial charge in [-0.2, -0.15) is 0 Å². The molecule has 0 atom stereocenters. The van der Waals surface area contributed by atoms with Gasteiger partial charge in [-0.05, 0) is 6.42 Å². The monoisotopic (exact) mass is 310 g/mol. The molecule has 22 heavy (non-hydrogen) atoms. The lowest BCUT2D eigenvalue weighted by atomic mass is 10.1. The van der Waals surface area contributed by atoms with Crippen molar-refractivity contribution in [1.82, 2.24) is 14.7 Å². The summed E-state index contributed by atoms with van der Waals surface area (Å²) in [6.07, 6.45) is 2.22. The zero-order valence-corrected chi connectivity index (χ0v) is 13.0. The van der Waals surface area contributed by atoms with E-state index in [1.165, 1.54) is 20.3 Å². The second kappa shape index (κ2) is 7.46. The van der Waals surface area contributed by atoms with Gasteiger partial charge in [0.2, 0.25) is 11.8 Å². The Kier molecular flexibility index (Phi) is 5.62. The Morgan fingerprint density at radius 1 is 1.14 bits per heavy atom. The number of ether oxygens (including phenoxy) is 1. The van der Waals surface area contributed by atoms with Gasteiger partial charge >= 0.3 is 6.03 Å². The largest absolute Gasteiger partial charge is 0.379 e. The van der Waals surface area contributed by atoms with Crippen molar-refractivity contribution in [3.63, 3.8) is 0 Å². The fraction of sp³-hybridized carbons (Fsp3) is 0.714. The molecule has 0 aromatic carbocycles. The maximum Gasteiger partial charge on any atom is 0.332 e. The standard InChI is InChI=1S/C14H22N4O4/c1-16-12(19)11(13(20)17(2)14(16)21)10-15-4-3-5-18-6-8-22-9-7-18/h10-11H,3-9H2,1-2H3. The van der Waals surface area contributed by atoms with Gasteiger partial charge in [0.05, 0.1) is 13.2 Å². The summed E-state index contributed by atoms with van der Waals surface area (Å²) in [6, 6.07) is -0.605. The SMILES string of the molecule is CN1C(=O)C(C=NCCCN2CCOCC2)C(=O)N(C)C1=O. The van der Waals surface area contributed by atoms with E-state index in [-0.39, 0.29) is 0 Å². The average Bonchev–Trinajstić information content (AvgIpc) is 2.54. The maximum absolute atomic E-state index is 11.9. The van der Waals surface area contributed by atoms with E-state index in [4.69, 9.17) is 4.74 Å². The molecule has 0 aromatic heterocycles. The minimum Gasteiger partial charge on any atom is -0.379 e. The van der Waals surface area contributed by atoms with Crippen LogP contribution < -0.4 is 0 Å². The molecule has 122 valence electrons. The van der Waals surface area contributed by atoms with Gasteiger partial charge in [0, 0.05) is 46.5 Å². The molecule has 2 aliphatic heterocycles. The Balaban J connectivity index is 1.80. The number of hydrogen-bond acceptors (Lipinski definition) is 6. The highest BCUT2D eigenvalue weighted by Crippen LogP contribution is 2.13. The molecule has 2 fully saturated rings. The van der Waals surface area contributed by atoms with Crippen LogP contribution in [0, 0.1) is 5.92 Å². The molecule has 0 aromatic rings. The summed E-state index contributed by atoms with van der Waals surface area (Å²) < 4.78 is 5.28. The molecule has 2 rings (SSSR count). The van der Waals surface area contributed by atoms with Gasteiger partial charge in [-0.1, -0.05) is 0 Å². The first-order valence-corrected chi connectivity index (χ1v) is 7.41. The molecule has 0 aliphatic carbocycles. The van der Waals surface area contributed by atoms with Gasteiger partial charge in [0.15, 0.2) is 5.92 Å². The minimum absolute atomic E-state index is 0.523. The van der Waals surface area contributed by atoms with E-state index < -0.39 is 23.8 Å². The summed E-state index contributed by atoms with van der Waals surface area (Å²) in [6.45, 7) is 4.87. The van der Waals surface area contributed by atoms with Crippen LogP contribution in [-0.4, -0.2) is 92.2 Å². The van der Waals surface area contributed by atoms with E-state index in [1.54, 1.807) is 0 Å². The molecule has 0 bridgehead atoms. The summed E-state index contributed by atoms with van der Waals surface area (Å²) in [5.74, 6) is -2.04. The number of amides is 4. The van der Waals surface area contributed by atoms with E-state index in [9.17, 15) is 14.4 Å². The number of morpholine rings is 1. The van der Waals surface area contributed by atoms with Gasteiger partial charge in [-0.15, -0.1) is 0 Å². The minimum atomic E-state index is -0.990. The van der Waals surface area contributed by atoms with Crippen LogP contribution in [0.2, 0.25) is 0 Å². The van der Waals surface area contributed by atoms with Crippen molar-refractivity contribution in [2.75, 3.05) is 53.5 Å². The molecule has 0 radical (unpaired) electrons. The van der Waals surface area contributed by atoms with Crippen LogP contribution in [0.4, 0.5) is 4.79 Å². The fourth-order valence-electron chi connectivity index (χ4n) is 2.45. The Bertz CT molecular complexity index is 449. The molecule has 2 saturated heterocycles. The highest BCUT2D eigenvalue weighted by atomic mass is 16.5. The Labute approximate surface area is 129 Å². The van der Waals surface area contributed by atoms with Crippen molar-refractivity contribution in [1.29, 1.82) is 0 Å². The summed E-state index contributed by atoms with van der Waals surface area (Å²) in [7, 11) is 2.74. The predicted octanol–water partition coefficient (Wildman–Crippen LogP) is -0.554. The van der Waals surface area contributed by atoms with Crippen LogP contribution in [-0.2, 0) is 14.3 Å². The zero-order valence-electron chi connectivity index (χ0n) is 13.0. The number of imide groups is 2. The summed E-state index contributed by atoms with van der Waals surface area (Å²) in [4.78, 5) is 43.9. The lowest BCUT2D eigenvalue weighted by Crippen LogP contribution is -2.57. The summed E-state index contributed by atoms with van der Waals surface area (Å²) >= 11 is 0.